The van der Waals surface area contributed by atoms with Crippen LogP contribution in [0.4, 0.5) is 0 Å². The molecule has 1 aromatic carbocycles. The molecule has 3 rings (SSSR count). The van der Waals surface area contributed by atoms with Crippen molar-refractivity contribution in [2.24, 2.45) is 0 Å². The van der Waals surface area contributed by atoms with Crippen LogP contribution >= 0.6 is 11.8 Å². The van der Waals surface area contributed by atoms with Crippen LogP contribution in [0.15, 0.2) is 52.2 Å². The fraction of sp³-hybridized carbons (Fsp3) is 0.200. The lowest BCUT2D eigenvalue weighted by Gasteiger charge is -2.08. The molecule has 2 aromatic heterocycles. The molecule has 0 spiro atoms. The molecule has 0 unspecified atom stereocenters. The molecule has 3 aromatic rings. The van der Waals surface area contributed by atoms with E-state index in [4.69, 9.17) is 4.42 Å². The summed E-state index contributed by atoms with van der Waals surface area (Å²) in [4.78, 5) is 0. The summed E-state index contributed by atoms with van der Waals surface area (Å²) in [7, 11) is 0. The first-order valence-electron chi connectivity index (χ1n) is 6.35. The summed E-state index contributed by atoms with van der Waals surface area (Å²) in [5.74, 6) is 1.71. The lowest BCUT2D eigenvalue weighted by Crippen LogP contribution is -2.03. The summed E-state index contributed by atoms with van der Waals surface area (Å²) >= 11 is 1.60. The van der Waals surface area contributed by atoms with Crippen LogP contribution in [0.5, 0.6) is 0 Å². The standard InChI is InChI=1S/C15H15N3OS/c1-11-13(8-9-19-11)14-16-17-15(20-2)18(14)10-12-6-4-3-5-7-12/h3-9H,10H2,1-2H3. The number of aryl methyl sites for hydroxylation is 1. The summed E-state index contributed by atoms with van der Waals surface area (Å²) in [5, 5.41) is 9.49. The van der Waals surface area contributed by atoms with Gasteiger partial charge in [-0.15, -0.1) is 10.2 Å². The predicted molar refractivity (Wildman–Crippen MR) is 79.8 cm³/mol. The molecule has 0 radical (unpaired) electrons. The molecule has 0 atom stereocenters. The van der Waals surface area contributed by atoms with Crippen LogP contribution in [0.1, 0.15) is 11.3 Å². The highest BCUT2D eigenvalue weighted by atomic mass is 32.2. The Morgan fingerprint density at radius 1 is 1.15 bits per heavy atom. The van der Waals surface area contributed by atoms with Crippen molar-refractivity contribution < 1.29 is 4.42 Å². The molecule has 0 bridgehead atoms. The smallest absolute Gasteiger partial charge is 0.191 e. The van der Waals surface area contributed by atoms with Gasteiger partial charge in [-0.25, -0.2) is 0 Å². The quantitative estimate of drug-likeness (QED) is 0.687. The van der Waals surface area contributed by atoms with Gasteiger partial charge in [0.25, 0.3) is 0 Å². The fourth-order valence-electron chi connectivity index (χ4n) is 2.16. The van der Waals surface area contributed by atoms with Gasteiger partial charge in [0.1, 0.15) is 5.76 Å². The third-order valence-electron chi connectivity index (χ3n) is 3.18. The first kappa shape index (κ1) is 13.0. The predicted octanol–water partition coefficient (Wildman–Crippen LogP) is 3.62. The van der Waals surface area contributed by atoms with Gasteiger partial charge < -0.3 is 4.42 Å². The molecular formula is C15H15N3OS. The summed E-state index contributed by atoms with van der Waals surface area (Å²) in [6.07, 6.45) is 3.70. The second kappa shape index (κ2) is 5.54. The number of benzene rings is 1. The lowest BCUT2D eigenvalue weighted by molar-refractivity contribution is 0.534. The van der Waals surface area contributed by atoms with Crippen LogP contribution in [-0.2, 0) is 6.54 Å². The molecule has 102 valence electrons. The molecule has 2 heterocycles. The van der Waals surface area contributed by atoms with Gasteiger partial charge in [-0.2, -0.15) is 0 Å². The van der Waals surface area contributed by atoms with Crippen molar-refractivity contribution in [1.82, 2.24) is 14.8 Å². The van der Waals surface area contributed by atoms with Crippen LogP contribution < -0.4 is 0 Å². The Morgan fingerprint density at radius 2 is 1.95 bits per heavy atom. The Morgan fingerprint density at radius 3 is 2.60 bits per heavy atom. The van der Waals surface area contributed by atoms with E-state index in [1.165, 1.54) is 5.56 Å². The van der Waals surface area contributed by atoms with Crippen LogP contribution in [0, 0.1) is 6.92 Å². The monoisotopic (exact) mass is 285 g/mol. The van der Waals surface area contributed by atoms with E-state index in [-0.39, 0.29) is 0 Å². The van der Waals surface area contributed by atoms with E-state index < -0.39 is 0 Å². The number of rotatable bonds is 4. The van der Waals surface area contributed by atoms with Gasteiger partial charge in [-0.1, -0.05) is 42.1 Å². The summed E-state index contributed by atoms with van der Waals surface area (Å²) in [6.45, 7) is 2.69. The van der Waals surface area contributed by atoms with E-state index in [9.17, 15) is 0 Å². The van der Waals surface area contributed by atoms with Crippen molar-refractivity contribution in [3.05, 3.63) is 54.0 Å². The van der Waals surface area contributed by atoms with Crippen molar-refractivity contribution >= 4 is 11.8 Å². The molecule has 20 heavy (non-hydrogen) atoms. The Kier molecular flexibility index (Phi) is 3.60. The number of thioether (sulfide) groups is 1. The topological polar surface area (TPSA) is 43.9 Å². The number of furan rings is 1. The number of hydrogen-bond donors (Lipinski definition) is 0. The van der Waals surface area contributed by atoms with E-state index in [2.05, 4.69) is 26.9 Å². The zero-order chi connectivity index (χ0) is 13.9. The van der Waals surface area contributed by atoms with Gasteiger partial charge >= 0.3 is 0 Å². The van der Waals surface area contributed by atoms with Gasteiger partial charge in [0, 0.05) is 0 Å². The van der Waals surface area contributed by atoms with Crippen LogP contribution in [0.2, 0.25) is 0 Å². The first-order chi connectivity index (χ1) is 9.79. The van der Waals surface area contributed by atoms with Crippen molar-refractivity contribution in [3.8, 4) is 11.4 Å². The molecule has 0 amide bonds. The molecular weight excluding hydrogens is 270 g/mol. The maximum absolute atomic E-state index is 5.38. The Balaban J connectivity index is 2.05. The van der Waals surface area contributed by atoms with Gasteiger partial charge in [0.15, 0.2) is 11.0 Å². The Bertz CT molecular complexity index is 703. The molecule has 4 nitrogen and oxygen atoms in total. The molecule has 0 aliphatic carbocycles. The first-order valence-corrected chi connectivity index (χ1v) is 7.57. The third kappa shape index (κ3) is 2.36. The van der Waals surface area contributed by atoms with Crippen LogP contribution in [0.3, 0.4) is 0 Å². The van der Waals surface area contributed by atoms with Crippen LogP contribution in [-0.4, -0.2) is 21.0 Å². The van der Waals surface area contributed by atoms with Gasteiger partial charge in [0.05, 0.1) is 18.4 Å². The zero-order valence-corrected chi connectivity index (χ0v) is 12.2. The van der Waals surface area contributed by atoms with Crippen molar-refractivity contribution in [2.45, 2.75) is 18.6 Å². The Labute approximate surface area is 121 Å². The lowest BCUT2D eigenvalue weighted by atomic mass is 10.2. The van der Waals surface area contributed by atoms with E-state index in [1.54, 1.807) is 18.0 Å². The number of aromatic nitrogens is 3. The molecule has 0 saturated heterocycles. The van der Waals surface area contributed by atoms with Crippen LogP contribution in [0.25, 0.3) is 11.4 Å². The molecule has 0 fully saturated rings. The second-order valence-electron chi connectivity index (χ2n) is 4.47. The maximum Gasteiger partial charge on any atom is 0.191 e. The van der Waals surface area contributed by atoms with Crippen molar-refractivity contribution in [3.63, 3.8) is 0 Å². The highest BCUT2D eigenvalue weighted by molar-refractivity contribution is 7.98. The second-order valence-corrected chi connectivity index (χ2v) is 5.25. The minimum atomic E-state index is 0.754. The van der Waals surface area contributed by atoms with E-state index in [0.29, 0.717) is 0 Å². The normalized spacial score (nSPS) is 10.9. The van der Waals surface area contributed by atoms with Gasteiger partial charge in [0.2, 0.25) is 0 Å². The van der Waals surface area contributed by atoms with Crippen molar-refractivity contribution in [2.75, 3.05) is 6.26 Å². The third-order valence-corrected chi connectivity index (χ3v) is 3.85. The van der Waals surface area contributed by atoms with E-state index >= 15 is 0 Å². The average Bonchev–Trinajstić information content (AvgIpc) is 3.06. The fourth-order valence-corrected chi connectivity index (χ4v) is 2.66. The molecule has 5 heteroatoms. The number of hydrogen-bond acceptors (Lipinski definition) is 4. The summed E-state index contributed by atoms with van der Waals surface area (Å²) in [6, 6.07) is 12.3. The van der Waals surface area contributed by atoms with E-state index in [0.717, 1.165) is 28.8 Å². The van der Waals surface area contributed by atoms with Gasteiger partial charge in [-0.3, -0.25) is 4.57 Å². The highest BCUT2D eigenvalue weighted by Gasteiger charge is 2.16. The van der Waals surface area contributed by atoms with E-state index in [1.807, 2.05) is 37.4 Å². The molecule has 0 N–H and O–H groups in total. The molecule has 0 saturated carbocycles. The maximum atomic E-state index is 5.38. The number of nitrogens with zero attached hydrogens (tertiary/aromatic N) is 3. The average molecular weight is 285 g/mol. The molecule has 0 aliphatic rings. The largest absolute Gasteiger partial charge is 0.469 e. The SMILES string of the molecule is CSc1nnc(-c2ccoc2C)n1Cc1ccccc1. The minimum Gasteiger partial charge on any atom is -0.469 e. The summed E-state index contributed by atoms with van der Waals surface area (Å²) < 4.78 is 7.50. The van der Waals surface area contributed by atoms with Gasteiger partial charge in [-0.05, 0) is 24.8 Å². The zero-order valence-electron chi connectivity index (χ0n) is 11.4. The Hall–Kier alpha value is -2.01. The molecule has 0 aliphatic heterocycles. The summed E-state index contributed by atoms with van der Waals surface area (Å²) in [5.41, 5.74) is 2.22. The minimum absolute atomic E-state index is 0.754. The highest BCUT2D eigenvalue weighted by Crippen LogP contribution is 2.26. The van der Waals surface area contributed by atoms with Crippen molar-refractivity contribution in [1.29, 1.82) is 0 Å².